The number of carboxylic acids is 1. The van der Waals surface area contributed by atoms with E-state index < -0.39 is 11.5 Å². The molecule has 2 rings (SSSR count). The van der Waals surface area contributed by atoms with Gasteiger partial charge in [0.1, 0.15) is 5.54 Å². The quantitative estimate of drug-likeness (QED) is 0.913. The van der Waals surface area contributed by atoms with Gasteiger partial charge in [-0.05, 0) is 31.5 Å². The number of halogens is 1. The molecule has 1 aromatic rings. The fourth-order valence-corrected chi connectivity index (χ4v) is 2.85. The van der Waals surface area contributed by atoms with Gasteiger partial charge in [0.05, 0.1) is 0 Å². The van der Waals surface area contributed by atoms with Crippen LogP contribution in [0.15, 0.2) is 30.3 Å². The number of likely N-dealkylation sites (N-methyl/N-ethyl adjacent to an activating group) is 1. The zero-order valence-electron chi connectivity index (χ0n) is 10.6. The van der Waals surface area contributed by atoms with Crippen molar-refractivity contribution in [2.45, 2.75) is 31.7 Å². The summed E-state index contributed by atoms with van der Waals surface area (Å²) in [5, 5.41) is 9.58. The van der Waals surface area contributed by atoms with Crippen molar-refractivity contribution in [1.29, 1.82) is 0 Å². The van der Waals surface area contributed by atoms with Crippen molar-refractivity contribution in [2.75, 3.05) is 13.1 Å². The van der Waals surface area contributed by atoms with Crippen LogP contribution in [0.3, 0.4) is 0 Å². The second-order valence-corrected chi connectivity index (χ2v) is 4.68. The summed E-state index contributed by atoms with van der Waals surface area (Å²) in [5.74, 6) is -0.680. The van der Waals surface area contributed by atoms with Gasteiger partial charge in [0.25, 0.3) is 0 Å². The lowest BCUT2D eigenvalue weighted by atomic mass is 9.88. The second kappa shape index (κ2) is 6.21. The van der Waals surface area contributed by atoms with Crippen molar-refractivity contribution in [1.82, 2.24) is 4.90 Å². The lowest BCUT2D eigenvalue weighted by Crippen LogP contribution is -2.52. The predicted molar refractivity (Wildman–Crippen MR) is 74.2 cm³/mol. The van der Waals surface area contributed by atoms with E-state index in [1.54, 1.807) is 0 Å². The van der Waals surface area contributed by atoms with Crippen LogP contribution in [0.2, 0.25) is 0 Å². The average molecular weight is 270 g/mol. The van der Waals surface area contributed by atoms with Crippen molar-refractivity contribution in [3.63, 3.8) is 0 Å². The molecule has 100 valence electrons. The standard InChI is InChI=1S/C14H19NO2.ClH/c1-2-15-10-6-9-14(15,13(16)17)11-12-7-4-3-5-8-12;/h3-5,7-8H,2,6,9-11H2,1H3,(H,16,17);1H/t14-;/m0./s1. The number of rotatable bonds is 4. The highest BCUT2D eigenvalue weighted by Crippen LogP contribution is 2.32. The summed E-state index contributed by atoms with van der Waals surface area (Å²) >= 11 is 0. The molecule has 0 saturated carbocycles. The third kappa shape index (κ3) is 2.68. The second-order valence-electron chi connectivity index (χ2n) is 4.68. The van der Waals surface area contributed by atoms with Crippen LogP contribution in [0.1, 0.15) is 25.3 Å². The molecule has 0 spiro atoms. The molecule has 1 atom stereocenters. The first-order chi connectivity index (χ1) is 8.19. The zero-order valence-corrected chi connectivity index (χ0v) is 11.4. The molecule has 0 aliphatic carbocycles. The van der Waals surface area contributed by atoms with Gasteiger partial charge in [0, 0.05) is 6.42 Å². The first-order valence-corrected chi connectivity index (χ1v) is 6.21. The fraction of sp³-hybridized carbons (Fsp3) is 0.500. The normalized spacial score (nSPS) is 23.6. The van der Waals surface area contributed by atoms with E-state index in [2.05, 4.69) is 4.90 Å². The molecule has 1 fully saturated rings. The Morgan fingerprint density at radius 2 is 2.06 bits per heavy atom. The van der Waals surface area contributed by atoms with Crippen LogP contribution in [0, 0.1) is 0 Å². The highest BCUT2D eigenvalue weighted by molar-refractivity contribution is 5.85. The van der Waals surface area contributed by atoms with Crippen LogP contribution in [0.4, 0.5) is 0 Å². The molecule has 3 nitrogen and oxygen atoms in total. The van der Waals surface area contributed by atoms with Crippen LogP contribution in [0.25, 0.3) is 0 Å². The van der Waals surface area contributed by atoms with E-state index in [1.807, 2.05) is 37.3 Å². The first-order valence-electron chi connectivity index (χ1n) is 6.21. The van der Waals surface area contributed by atoms with Crippen LogP contribution in [-0.2, 0) is 11.2 Å². The summed E-state index contributed by atoms with van der Waals surface area (Å²) in [5.41, 5.74) is 0.422. The zero-order chi connectivity index (χ0) is 12.3. The summed E-state index contributed by atoms with van der Waals surface area (Å²) in [6.07, 6.45) is 2.34. The van der Waals surface area contributed by atoms with Gasteiger partial charge in [-0.1, -0.05) is 37.3 Å². The first kappa shape index (κ1) is 15.0. The van der Waals surface area contributed by atoms with Crippen LogP contribution in [-0.4, -0.2) is 34.6 Å². The Balaban J connectivity index is 0.00000162. The Morgan fingerprint density at radius 1 is 1.39 bits per heavy atom. The van der Waals surface area contributed by atoms with Gasteiger partial charge < -0.3 is 5.11 Å². The van der Waals surface area contributed by atoms with Gasteiger partial charge in [-0.3, -0.25) is 9.69 Å². The molecule has 4 heteroatoms. The molecule has 0 unspecified atom stereocenters. The van der Waals surface area contributed by atoms with Crippen molar-refractivity contribution < 1.29 is 9.90 Å². The van der Waals surface area contributed by atoms with E-state index in [1.165, 1.54) is 0 Å². The number of nitrogens with zero attached hydrogens (tertiary/aromatic N) is 1. The Labute approximate surface area is 114 Å². The highest BCUT2D eigenvalue weighted by Gasteiger charge is 2.46. The summed E-state index contributed by atoms with van der Waals surface area (Å²) < 4.78 is 0. The van der Waals surface area contributed by atoms with Crippen molar-refractivity contribution >= 4 is 18.4 Å². The summed E-state index contributed by atoms with van der Waals surface area (Å²) in [7, 11) is 0. The number of hydrogen-bond donors (Lipinski definition) is 1. The maximum atomic E-state index is 11.7. The summed E-state index contributed by atoms with van der Waals surface area (Å²) in [6.45, 7) is 3.74. The van der Waals surface area contributed by atoms with Crippen LogP contribution < -0.4 is 0 Å². The monoisotopic (exact) mass is 269 g/mol. The van der Waals surface area contributed by atoms with Crippen LogP contribution >= 0.6 is 12.4 Å². The molecule has 1 aliphatic heterocycles. The van der Waals surface area contributed by atoms with Crippen molar-refractivity contribution in [3.05, 3.63) is 35.9 Å². The molecule has 1 aliphatic rings. The van der Waals surface area contributed by atoms with Gasteiger partial charge in [0.2, 0.25) is 0 Å². The van der Waals surface area contributed by atoms with Crippen LogP contribution in [0.5, 0.6) is 0 Å². The lowest BCUT2D eigenvalue weighted by molar-refractivity contribution is -0.149. The molecule has 1 saturated heterocycles. The Bertz CT molecular complexity index is 396. The molecule has 1 N–H and O–H groups in total. The average Bonchev–Trinajstić information content (AvgIpc) is 2.74. The minimum atomic E-state index is -0.684. The molecule has 0 bridgehead atoms. The number of aliphatic carboxylic acids is 1. The highest BCUT2D eigenvalue weighted by atomic mass is 35.5. The minimum Gasteiger partial charge on any atom is -0.480 e. The van der Waals surface area contributed by atoms with Gasteiger partial charge >= 0.3 is 5.97 Å². The Hall–Kier alpha value is -1.06. The summed E-state index contributed by atoms with van der Waals surface area (Å²) in [4.78, 5) is 13.8. The molecule has 1 aromatic carbocycles. The molecule has 0 amide bonds. The van der Waals surface area contributed by atoms with Gasteiger partial charge in [-0.15, -0.1) is 12.4 Å². The predicted octanol–water partition coefficient (Wildman–Crippen LogP) is 2.59. The number of carboxylic acid groups (broad SMARTS) is 1. The number of likely N-dealkylation sites (tertiary alicyclic amines) is 1. The Kier molecular flexibility index (Phi) is 5.17. The third-order valence-electron chi connectivity index (χ3n) is 3.74. The molecule has 1 heterocycles. The van der Waals surface area contributed by atoms with E-state index in [4.69, 9.17) is 0 Å². The Morgan fingerprint density at radius 3 is 2.61 bits per heavy atom. The number of carbonyl (C=O) groups is 1. The van der Waals surface area contributed by atoms with Gasteiger partial charge in [0.15, 0.2) is 0 Å². The maximum absolute atomic E-state index is 11.7. The van der Waals surface area contributed by atoms with E-state index in [-0.39, 0.29) is 12.4 Å². The van der Waals surface area contributed by atoms with Crippen molar-refractivity contribution in [3.8, 4) is 0 Å². The van der Waals surface area contributed by atoms with Crippen molar-refractivity contribution in [2.24, 2.45) is 0 Å². The van der Waals surface area contributed by atoms with Gasteiger partial charge in [-0.2, -0.15) is 0 Å². The maximum Gasteiger partial charge on any atom is 0.324 e. The SMILES string of the molecule is CCN1CCC[C@]1(Cc1ccccc1)C(=O)O.Cl. The summed E-state index contributed by atoms with van der Waals surface area (Å²) in [6, 6.07) is 9.92. The van der Waals surface area contributed by atoms with Gasteiger partial charge in [-0.25, -0.2) is 0 Å². The van der Waals surface area contributed by atoms with E-state index in [0.717, 1.165) is 31.5 Å². The molecular formula is C14H20ClNO2. The molecule has 0 aromatic heterocycles. The molecule has 18 heavy (non-hydrogen) atoms. The van der Waals surface area contributed by atoms with E-state index >= 15 is 0 Å². The van der Waals surface area contributed by atoms with E-state index in [0.29, 0.717) is 6.42 Å². The topological polar surface area (TPSA) is 40.5 Å². The molecule has 0 radical (unpaired) electrons. The fourth-order valence-electron chi connectivity index (χ4n) is 2.85. The smallest absolute Gasteiger partial charge is 0.324 e. The van der Waals surface area contributed by atoms with E-state index in [9.17, 15) is 9.90 Å². The lowest BCUT2D eigenvalue weighted by Gasteiger charge is -2.34. The number of hydrogen-bond acceptors (Lipinski definition) is 2. The number of benzene rings is 1. The third-order valence-corrected chi connectivity index (χ3v) is 3.74. The minimum absolute atomic E-state index is 0. The molecular weight excluding hydrogens is 250 g/mol. The largest absolute Gasteiger partial charge is 0.480 e.